The third-order valence-corrected chi connectivity index (χ3v) is 2.01. The maximum atomic E-state index is 11.3. The summed E-state index contributed by atoms with van der Waals surface area (Å²) in [6.07, 6.45) is 0.0339. The van der Waals surface area contributed by atoms with Crippen LogP contribution in [-0.4, -0.2) is 11.9 Å². The van der Waals surface area contributed by atoms with Gasteiger partial charge in [0.15, 0.2) is 5.78 Å². The second kappa shape index (κ2) is 4.47. The lowest BCUT2D eigenvalue weighted by atomic mass is 10.1. The molecule has 3 heteroatoms. The molecule has 0 saturated heterocycles. The molecule has 0 atom stereocenters. The molecule has 1 aromatic carbocycles. The van der Waals surface area contributed by atoms with E-state index in [4.69, 9.17) is 16.3 Å². The summed E-state index contributed by atoms with van der Waals surface area (Å²) in [4.78, 5) is 11.3. The maximum absolute atomic E-state index is 11.3. The van der Waals surface area contributed by atoms with E-state index in [1.807, 2.05) is 13.8 Å². The molecule has 0 saturated carbocycles. The molecule has 0 spiro atoms. The highest BCUT2D eigenvalue weighted by Crippen LogP contribution is 2.27. The minimum Gasteiger partial charge on any atom is -0.490 e. The van der Waals surface area contributed by atoms with E-state index in [2.05, 4.69) is 0 Å². The summed E-state index contributed by atoms with van der Waals surface area (Å²) < 4.78 is 5.48. The topological polar surface area (TPSA) is 26.3 Å². The smallest absolute Gasteiger partial charge is 0.165 e. The van der Waals surface area contributed by atoms with Crippen LogP contribution in [0.15, 0.2) is 18.2 Å². The monoisotopic (exact) mass is 212 g/mol. The number of halogens is 1. The molecule has 14 heavy (non-hydrogen) atoms. The quantitative estimate of drug-likeness (QED) is 0.719. The van der Waals surface area contributed by atoms with Gasteiger partial charge in [0.2, 0.25) is 0 Å². The first-order valence-electron chi connectivity index (χ1n) is 4.48. The van der Waals surface area contributed by atoms with Gasteiger partial charge in [0, 0.05) is 0 Å². The number of hydrogen-bond acceptors (Lipinski definition) is 2. The first kappa shape index (κ1) is 11.1. The Morgan fingerprint density at radius 1 is 1.43 bits per heavy atom. The molecule has 0 bridgehead atoms. The number of ether oxygens (including phenoxy) is 1. The summed E-state index contributed by atoms with van der Waals surface area (Å²) in [6, 6.07) is 5.21. The zero-order valence-corrected chi connectivity index (χ0v) is 9.26. The van der Waals surface area contributed by atoms with Gasteiger partial charge in [0.25, 0.3) is 0 Å². The van der Waals surface area contributed by atoms with Crippen LogP contribution in [0.2, 0.25) is 5.02 Å². The van der Waals surface area contributed by atoms with Gasteiger partial charge >= 0.3 is 0 Å². The molecule has 0 unspecified atom stereocenters. The van der Waals surface area contributed by atoms with Gasteiger partial charge in [-0.1, -0.05) is 17.7 Å². The zero-order valence-electron chi connectivity index (χ0n) is 8.50. The van der Waals surface area contributed by atoms with Crippen LogP contribution in [0.4, 0.5) is 0 Å². The molecule has 0 aliphatic carbocycles. The van der Waals surface area contributed by atoms with Crippen LogP contribution < -0.4 is 4.74 Å². The Bertz CT molecular complexity index is 345. The highest BCUT2D eigenvalue weighted by Gasteiger charge is 2.13. The lowest BCUT2D eigenvalue weighted by molar-refractivity contribution is 0.101. The molecular weight excluding hydrogens is 200 g/mol. The predicted octanol–water partition coefficient (Wildman–Crippen LogP) is 3.33. The van der Waals surface area contributed by atoms with E-state index in [0.29, 0.717) is 16.3 Å². The Hall–Kier alpha value is -1.02. The molecule has 76 valence electrons. The number of benzene rings is 1. The van der Waals surface area contributed by atoms with Crippen LogP contribution in [0.3, 0.4) is 0 Å². The molecular formula is C11H13ClO2. The van der Waals surface area contributed by atoms with Crippen molar-refractivity contribution in [3.63, 3.8) is 0 Å². The van der Waals surface area contributed by atoms with Crippen molar-refractivity contribution in [2.24, 2.45) is 0 Å². The van der Waals surface area contributed by atoms with Crippen LogP contribution in [0, 0.1) is 0 Å². The molecule has 0 amide bonds. The fourth-order valence-corrected chi connectivity index (χ4v) is 1.50. The Morgan fingerprint density at radius 2 is 2.07 bits per heavy atom. The molecule has 1 aromatic rings. The first-order chi connectivity index (χ1) is 6.52. The van der Waals surface area contributed by atoms with Crippen molar-refractivity contribution in [3.8, 4) is 5.75 Å². The molecule has 1 rings (SSSR count). The van der Waals surface area contributed by atoms with Crippen molar-refractivity contribution in [1.29, 1.82) is 0 Å². The number of carbonyl (C=O) groups is 1. The maximum Gasteiger partial charge on any atom is 0.165 e. The normalized spacial score (nSPS) is 10.4. The molecule has 0 aliphatic rings. The van der Waals surface area contributed by atoms with E-state index < -0.39 is 0 Å². The molecule has 0 radical (unpaired) electrons. The summed E-state index contributed by atoms with van der Waals surface area (Å²) in [5, 5.41) is 0.440. The highest BCUT2D eigenvalue weighted by atomic mass is 35.5. The van der Waals surface area contributed by atoms with Gasteiger partial charge in [-0.2, -0.15) is 0 Å². The standard InChI is InChI=1S/C11H13ClO2/c1-7(2)14-10-6-4-5-9(12)11(10)8(3)13/h4-7H,1-3H3. The number of carbonyl (C=O) groups excluding carboxylic acids is 1. The van der Waals surface area contributed by atoms with Crippen LogP contribution in [0.1, 0.15) is 31.1 Å². The van der Waals surface area contributed by atoms with E-state index in [9.17, 15) is 4.79 Å². The van der Waals surface area contributed by atoms with Gasteiger partial charge in [0.05, 0.1) is 16.7 Å². The fraction of sp³-hybridized carbons (Fsp3) is 0.364. The van der Waals surface area contributed by atoms with Crippen molar-refractivity contribution in [2.45, 2.75) is 26.9 Å². The van der Waals surface area contributed by atoms with Crippen molar-refractivity contribution in [2.75, 3.05) is 0 Å². The van der Waals surface area contributed by atoms with E-state index in [0.717, 1.165) is 0 Å². The number of hydrogen-bond donors (Lipinski definition) is 0. The van der Waals surface area contributed by atoms with E-state index in [-0.39, 0.29) is 11.9 Å². The van der Waals surface area contributed by atoms with Crippen LogP contribution in [0.5, 0.6) is 5.75 Å². The van der Waals surface area contributed by atoms with Crippen LogP contribution in [0.25, 0.3) is 0 Å². The number of ketones is 1. The van der Waals surface area contributed by atoms with E-state index in [1.54, 1.807) is 18.2 Å². The Balaban J connectivity index is 3.14. The summed E-state index contributed by atoms with van der Waals surface area (Å²) in [7, 11) is 0. The van der Waals surface area contributed by atoms with Crippen LogP contribution >= 0.6 is 11.6 Å². The van der Waals surface area contributed by atoms with E-state index >= 15 is 0 Å². The van der Waals surface area contributed by atoms with Gasteiger partial charge in [-0.15, -0.1) is 0 Å². The zero-order chi connectivity index (χ0) is 10.7. The predicted molar refractivity (Wildman–Crippen MR) is 57.2 cm³/mol. The summed E-state index contributed by atoms with van der Waals surface area (Å²) >= 11 is 5.91. The van der Waals surface area contributed by atoms with Gasteiger partial charge in [-0.05, 0) is 32.9 Å². The highest BCUT2D eigenvalue weighted by molar-refractivity contribution is 6.34. The molecule has 0 fully saturated rings. The Labute approximate surface area is 88.8 Å². The second-order valence-electron chi connectivity index (χ2n) is 3.34. The largest absolute Gasteiger partial charge is 0.490 e. The van der Waals surface area contributed by atoms with Gasteiger partial charge in [-0.25, -0.2) is 0 Å². The molecule has 0 aliphatic heterocycles. The minimum absolute atomic E-state index is 0.0339. The number of rotatable bonds is 3. The average Bonchev–Trinajstić information content (AvgIpc) is 2.01. The fourth-order valence-electron chi connectivity index (χ4n) is 1.20. The SMILES string of the molecule is CC(=O)c1c(Cl)cccc1OC(C)C. The molecule has 2 nitrogen and oxygen atoms in total. The Kier molecular flexibility index (Phi) is 3.53. The Morgan fingerprint density at radius 3 is 2.57 bits per heavy atom. The molecule has 0 heterocycles. The second-order valence-corrected chi connectivity index (χ2v) is 3.74. The third kappa shape index (κ3) is 2.48. The number of Topliss-reactive ketones (excluding diaryl/α,β-unsaturated/α-hetero) is 1. The van der Waals surface area contributed by atoms with Gasteiger partial charge in [-0.3, -0.25) is 4.79 Å². The molecule has 0 N–H and O–H groups in total. The van der Waals surface area contributed by atoms with E-state index in [1.165, 1.54) is 6.92 Å². The lowest BCUT2D eigenvalue weighted by Crippen LogP contribution is -2.09. The van der Waals surface area contributed by atoms with Crippen LogP contribution in [-0.2, 0) is 0 Å². The van der Waals surface area contributed by atoms with Gasteiger partial charge in [0.1, 0.15) is 5.75 Å². The van der Waals surface area contributed by atoms with Crippen molar-refractivity contribution < 1.29 is 9.53 Å². The van der Waals surface area contributed by atoms with Gasteiger partial charge < -0.3 is 4.74 Å². The summed E-state index contributed by atoms with van der Waals surface area (Å²) in [5.74, 6) is 0.478. The lowest BCUT2D eigenvalue weighted by Gasteiger charge is -2.13. The average molecular weight is 213 g/mol. The van der Waals surface area contributed by atoms with Crippen molar-refractivity contribution >= 4 is 17.4 Å². The summed E-state index contributed by atoms with van der Waals surface area (Å²) in [6.45, 7) is 5.30. The summed E-state index contributed by atoms with van der Waals surface area (Å²) in [5.41, 5.74) is 0.461. The van der Waals surface area contributed by atoms with Crippen molar-refractivity contribution in [3.05, 3.63) is 28.8 Å². The first-order valence-corrected chi connectivity index (χ1v) is 4.86. The van der Waals surface area contributed by atoms with Crippen molar-refractivity contribution in [1.82, 2.24) is 0 Å². The minimum atomic E-state index is -0.0775. The third-order valence-electron chi connectivity index (χ3n) is 1.69. The molecule has 0 aromatic heterocycles.